The van der Waals surface area contributed by atoms with E-state index in [4.69, 9.17) is 9.78 Å². The van der Waals surface area contributed by atoms with Gasteiger partial charge in [-0.3, -0.25) is 0 Å². The van der Waals surface area contributed by atoms with Gasteiger partial charge in [-0.25, -0.2) is 9.78 Å². The Balaban J connectivity index is 1.44. The zero-order chi connectivity index (χ0) is 22.2. The lowest BCUT2D eigenvalue weighted by molar-refractivity contribution is -0.496. The van der Waals surface area contributed by atoms with Gasteiger partial charge >= 0.3 is 0 Å². The molecule has 2 aliphatic heterocycles. The fourth-order valence-corrected chi connectivity index (χ4v) is 8.51. The minimum Gasteiger partial charge on any atom is -0.393 e. The van der Waals surface area contributed by atoms with Crippen molar-refractivity contribution in [1.29, 1.82) is 0 Å². The van der Waals surface area contributed by atoms with Gasteiger partial charge in [-0.1, -0.05) is 59.8 Å². The average molecular weight is 429 g/mol. The lowest BCUT2D eigenvalue weighted by atomic mass is 9.43. The molecule has 11 atom stereocenters. The minimum atomic E-state index is -0.440. The number of hydrogen-bond donors (Lipinski definition) is 1. The Morgan fingerprint density at radius 2 is 1.81 bits per heavy atom. The monoisotopic (exact) mass is 428 g/mol. The maximum absolute atomic E-state index is 10.4. The number of fused-ring (bicyclic) bond motifs is 2. The van der Waals surface area contributed by atoms with Gasteiger partial charge < -0.3 is 5.11 Å². The van der Waals surface area contributed by atoms with Gasteiger partial charge in [0.2, 0.25) is 0 Å². The third kappa shape index (κ3) is 3.02. The van der Waals surface area contributed by atoms with Gasteiger partial charge in [0.25, 0.3) is 0 Å². The van der Waals surface area contributed by atoms with Crippen LogP contribution in [0.1, 0.15) is 80.1 Å². The van der Waals surface area contributed by atoms with Crippen LogP contribution in [0.15, 0.2) is 24.3 Å². The molecule has 0 aromatic heterocycles. The van der Waals surface area contributed by atoms with E-state index in [-0.39, 0.29) is 17.1 Å². The summed E-state index contributed by atoms with van der Waals surface area (Å²) in [5.74, 6) is 5.13. The summed E-state index contributed by atoms with van der Waals surface area (Å²) in [6, 6.07) is 0. The predicted octanol–water partition coefficient (Wildman–Crippen LogP) is 6.33. The number of aliphatic hydroxyl groups is 1. The molecule has 3 heteroatoms. The second kappa shape index (κ2) is 7.43. The molecule has 0 aromatic rings. The molecule has 4 aliphatic carbocycles. The number of aliphatic hydroxyl groups excluding tert-OH is 1. The van der Waals surface area contributed by atoms with Crippen LogP contribution in [-0.2, 0) is 9.78 Å². The topological polar surface area (TPSA) is 38.7 Å². The first-order chi connectivity index (χ1) is 14.6. The van der Waals surface area contributed by atoms with Crippen molar-refractivity contribution >= 4 is 0 Å². The van der Waals surface area contributed by atoms with Crippen LogP contribution in [0.5, 0.6) is 0 Å². The summed E-state index contributed by atoms with van der Waals surface area (Å²) in [6.07, 6.45) is 15.8. The molecule has 3 nitrogen and oxygen atoms in total. The highest BCUT2D eigenvalue weighted by molar-refractivity contribution is 5.32. The third-order valence-corrected chi connectivity index (χ3v) is 10.8. The molecule has 1 saturated heterocycles. The molecule has 1 N–H and O–H groups in total. The van der Waals surface area contributed by atoms with Crippen LogP contribution in [0.25, 0.3) is 0 Å². The summed E-state index contributed by atoms with van der Waals surface area (Å²) in [7, 11) is 0. The van der Waals surface area contributed by atoms with Crippen molar-refractivity contribution < 1.29 is 14.9 Å². The Labute approximate surface area is 189 Å². The molecule has 174 valence electrons. The van der Waals surface area contributed by atoms with E-state index in [0.29, 0.717) is 47.8 Å². The molecule has 6 rings (SSSR count). The molecule has 2 bridgehead atoms. The molecular formula is C28H44O3. The largest absolute Gasteiger partial charge is 0.393 e. The SMILES string of the molecule is CC(C)[C@@H](C)/C=C/[C@@H](C)[C@H]1CCC2C1[C@H](C)CC1[C@]23C=C[C@]2(C[C@@H](O)CC[C@]12C)OO3. The fraction of sp³-hybridized carbons (Fsp3) is 0.857. The number of rotatable bonds is 4. The van der Waals surface area contributed by atoms with E-state index in [2.05, 4.69) is 65.8 Å². The van der Waals surface area contributed by atoms with E-state index in [1.165, 1.54) is 19.3 Å². The summed E-state index contributed by atoms with van der Waals surface area (Å²) in [5.41, 5.74) is -0.640. The first kappa shape index (κ1) is 22.2. The van der Waals surface area contributed by atoms with Crippen molar-refractivity contribution in [3.05, 3.63) is 24.3 Å². The van der Waals surface area contributed by atoms with Crippen molar-refractivity contribution in [3.8, 4) is 0 Å². The molecule has 2 spiro atoms. The van der Waals surface area contributed by atoms with Crippen LogP contribution in [0.3, 0.4) is 0 Å². The number of hydrogen-bond acceptors (Lipinski definition) is 3. The van der Waals surface area contributed by atoms with Gasteiger partial charge in [-0.2, -0.15) is 0 Å². The van der Waals surface area contributed by atoms with Crippen molar-refractivity contribution in [2.45, 2.75) is 97.4 Å². The Morgan fingerprint density at radius 3 is 2.48 bits per heavy atom. The molecule has 4 fully saturated rings. The van der Waals surface area contributed by atoms with E-state index in [1.54, 1.807) is 0 Å². The Hall–Kier alpha value is -0.640. The zero-order valence-corrected chi connectivity index (χ0v) is 20.5. The minimum absolute atomic E-state index is 0.0642. The molecule has 3 saturated carbocycles. The highest BCUT2D eigenvalue weighted by Gasteiger charge is 2.73. The normalized spacial score (nSPS) is 52.8. The van der Waals surface area contributed by atoms with Crippen LogP contribution in [0.4, 0.5) is 0 Å². The lowest BCUT2D eigenvalue weighted by Gasteiger charge is -2.69. The molecule has 2 heterocycles. The Kier molecular flexibility index (Phi) is 5.32. The summed E-state index contributed by atoms with van der Waals surface area (Å²) in [5, 5.41) is 10.4. The van der Waals surface area contributed by atoms with E-state index >= 15 is 0 Å². The van der Waals surface area contributed by atoms with Crippen LogP contribution >= 0.6 is 0 Å². The molecule has 31 heavy (non-hydrogen) atoms. The second-order valence-electron chi connectivity index (χ2n) is 12.6. The summed E-state index contributed by atoms with van der Waals surface area (Å²) < 4.78 is 0. The molecule has 6 aliphatic rings. The van der Waals surface area contributed by atoms with Gasteiger partial charge in [-0.05, 0) is 79.6 Å². The summed E-state index contributed by atoms with van der Waals surface area (Å²) in [6.45, 7) is 14.4. The van der Waals surface area contributed by atoms with E-state index < -0.39 is 5.60 Å². The van der Waals surface area contributed by atoms with Crippen molar-refractivity contribution in [2.75, 3.05) is 0 Å². The van der Waals surface area contributed by atoms with Crippen molar-refractivity contribution in [2.24, 2.45) is 52.8 Å². The average Bonchev–Trinajstić information content (AvgIpc) is 3.20. The van der Waals surface area contributed by atoms with Gasteiger partial charge in [0, 0.05) is 17.8 Å². The van der Waals surface area contributed by atoms with Crippen LogP contribution < -0.4 is 0 Å². The van der Waals surface area contributed by atoms with E-state index in [1.807, 2.05) is 0 Å². The van der Waals surface area contributed by atoms with E-state index in [9.17, 15) is 5.11 Å². The van der Waals surface area contributed by atoms with Crippen molar-refractivity contribution in [1.82, 2.24) is 0 Å². The standard InChI is InChI=1S/C28H44O3/c1-17(2)18(3)7-8-19(4)22-9-10-23-25(22)20(5)15-24-26(6)12-11-21(29)16-27(26)13-14-28(23,24)31-30-27/h7-8,13-14,17-25,29H,9-12,15-16H2,1-6H3/b8-7+/t18-,19+,20+,21-,22+,23?,24?,25?,26+,27+,28-/m0/s1. The molecule has 3 unspecified atom stereocenters. The highest BCUT2D eigenvalue weighted by atomic mass is 17.2. The second-order valence-corrected chi connectivity index (χ2v) is 12.6. The Morgan fingerprint density at radius 1 is 1.03 bits per heavy atom. The summed E-state index contributed by atoms with van der Waals surface area (Å²) in [4.78, 5) is 12.7. The molecule has 0 aromatic carbocycles. The van der Waals surface area contributed by atoms with Gasteiger partial charge in [-0.15, -0.1) is 0 Å². The first-order valence-electron chi connectivity index (χ1n) is 13.1. The van der Waals surface area contributed by atoms with Gasteiger partial charge in [0.1, 0.15) is 11.2 Å². The fourth-order valence-electron chi connectivity index (χ4n) is 8.51. The zero-order valence-electron chi connectivity index (χ0n) is 20.5. The maximum Gasteiger partial charge on any atom is 0.130 e. The molecular weight excluding hydrogens is 384 g/mol. The van der Waals surface area contributed by atoms with Crippen LogP contribution in [0.2, 0.25) is 0 Å². The van der Waals surface area contributed by atoms with Crippen LogP contribution in [0, 0.1) is 52.8 Å². The number of allylic oxidation sites excluding steroid dienone is 2. The van der Waals surface area contributed by atoms with Crippen molar-refractivity contribution in [3.63, 3.8) is 0 Å². The maximum atomic E-state index is 10.4. The first-order valence-corrected chi connectivity index (χ1v) is 13.1. The van der Waals surface area contributed by atoms with Crippen LogP contribution in [-0.4, -0.2) is 22.4 Å². The highest BCUT2D eigenvalue weighted by Crippen LogP contribution is 2.70. The quantitative estimate of drug-likeness (QED) is 0.420. The molecule has 0 amide bonds. The third-order valence-electron chi connectivity index (χ3n) is 10.8. The lowest BCUT2D eigenvalue weighted by Crippen LogP contribution is -2.73. The summed E-state index contributed by atoms with van der Waals surface area (Å²) >= 11 is 0. The smallest absolute Gasteiger partial charge is 0.130 e. The predicted molar refractivity (Wildman–Crippen MR) is 124 cm³/mol. The van der Waals surface area contributed by atoms with Gasteiger partial charge in [0.15, 0.2) is 0 Å². The van der Waals surface area contributed by atoms with E-state index in [0.717, 1.165) is 18.8 Å². The van der Waals surface area contributed by atoms with Gasteiger partial charge in [0.05, 0.1) is 6.10 Å². The Bertz CT molecular complexity index is 757. The molecule has 0 radical (unpaired) electrons.